The number of ether oxygens (including phenoxy) is 2. The van der Waals surface area contributed by atoms with E-state index in [1.165, 1.54) is 23.9 Å². The van der Waals surface area contributed by atoms with Gasteiger partial charge in [-0.3, -0.25) is 9.36 Å². The van der Waals surface area contributed by atoms with E-state index in [2.05, 4.69) is 9.97 Å². The van der Waals surface area contributed by atoms with Crippen LogP contribution in [0, 0.1) is 6.92 Å². The highest BCUT2D eigenvalue weighted by atomic mass is 35.5. The maximum absolute atomic E-state index is 13.0. The summed E-state index contributed by atoms with van der Waals surface area (Å²) < 4.78 is 11.4. The highest BCUT2D eigenvalue weighted by molar-refractivity contribution is 6.33. The fraction of sp³-hybridized carbons (Fsp3) is 0.222. The van der Waals surface area contributed by atoms with Crippen LogP contribution in [0.4, 0.5) is 0 Å². The number of esters is 1. The summed E-state index contributed by atoms with van der Waals surface area (Å²) in [6.07, 6.45) is 1.42. The average Bonchev–Trinajstić information content (AvgIpc) is 2.64. The minimum atomic E-state index is -0.741. The lowest BCUT2D eigenvalue weighted by molar-refractivity contribution is 0.0580. The van der Waals surface area contributed by atoms with Crippen LogP contribution in [0.1, 0.15) is 21.7 Å². The molecule has 2 heterocycles. The van der Waals surface area contributed by atoms with Gasteiger partial charge >= 0.3 is 5.97 Å². The predicted octanol–water partition coefficient (Wildman–Crippen LogP) is 2.60. The number of aromatic nitrogens is 3. The van der Waals surface area contributed by atoms with Crippen molar-refractivity contribution in [1.82, 2.24) is 14.5 Å². The molecule has 134 valence electrons. The molecule has 1 aromatic carbocycles. The Balaban J connectivity index is 2.26. The number of aryl methyl sites for hydroxylation is 1. The number of nitrogens with zero attached hydrogens (tertiary/aromatic N) is 3. The van der Waals surface area contributed by atoms with E-state index in [4.69, 9.17) is 21.1 Å². The van der Waals surface area contributed by atoms with Gasteiger partial charge in [-0.1, -0.05) is 23.7 Å². The number of rotatable bonds is 4. The molecule has 0 N–H and O–H groups in total. The van der Waals surface area contributed by atoms with Gasteiger partial charge < -0.3 is 9.47 Å². The molecule has 2 aromatic heterocycles. The molecule has 3 aromatic rings. The van der Waals surface area contributed by atoms with Crippen LogP contribution in [0.2, 0.25) is 5.15 Å². The Morgan fingerprint density at radius 1 is 1.27 bits per heavy atom. The van der Waals surface area contributed by atoms with E-state index >= 15 is 0 Å². The van der Waals surface area contributed by atoms with Gasteiger partial charge in [0.25, 0.3) is 5.56 Å². The van der Waals surface area contributed by atoms with Gasteiger partial charge in [-0.15, -0.1) is 0 Å². The van der Waals surface area contributed by atoms with Gasteiger partial charge in [0.05, 0.1) is 26.2 Å². The van der Waals surface area contributed by atoms with E-state index in [9.17, 15) is 9.59 Å². The summed E-state index contributed by atoms with van der Waals surface area (Å²) in [5.74, 6) is -0.280. The lowest BCUT2D eigenvalue weighted by Gasteiger charge is -2.14. The molecule has 0 aliphatic carbocycles. The maximum Gasteiger partial charge on any atom is 0.374 e. The first-order valence-electron chi connectivity index (χ1n) is 7.73. The van der Waals surface area contributed by atoms with E-state index in [1.54, 1.807) is 7.11 Å². The predicted molar refractivity (Wildman–Crippen MR) is 97.0 cm³/mol. The van der Waals surface area contributed by atoms with Crippen molar-refractivity contribution >= 4 is 28.5 Å². The zero-order chi connectivity index (χ0) is 18.8. The second-order valence-corrected chi connectivity index (χ2v) is 5.99. The number of halogens is 1. The molecule has 0 saturated carbocycles. The van der Waals surface area contributed by atoms with E-state index in [-0.39, 0.29) is 28.4 Å². The number of pyridine rings is 1. The van der Waals surface area contributed by atoms with E-state index in [0.29, 0.717) is 5.75 Å². The number of hydrogen-bond acceptors (Lipinski definition) is 6. The van der Waals surface area contributed by atoms with Gasteiger partial charge in [0.15, 0.2) is 5.15 Å². The molecule has 0 radical (unpaired) electrons. The molecule has 0 bridgehead atoms. The Bertz CT molecular complexity index is 1060. The zero-order valence-electron chi connectivity index (χ0n) is 14.4. The summed E-state index contributed by atoms with van der Waals surface area (Å²) in [4.78, 5) is 33.3. The molecule has 0 saturated heterocycles. The number of hydrogen-bond donors (Lipinski definition) is 0. The minimum Gasteiger partial charge on any atom is -0.496 e. The molecule has 0 aliphatic rings. The normalized spacial score (nSPS) is 10.8. The molecular formula is C18H16ClN3O4. The van der Waals surface area contributed by atoms with Crippen LogP contribution >= 0.6 is 11.6 Å². The largest absolute Gasteiger partial charge is 0.496 e. The van der Waals surface area contributed by atoms with Crippen molar-refractivity contribution in [2.75, 3.05) is 14.2 Å². The molecule has 3 rings (SSSR count). The Labute approximate surface area is 154 Å². The van der Waals surface area contributed by atoms with E-state index in [1.807, 2.05) is 25.1 Å². The number of methoxy groups -OCH3 is 2. The summed E-state index contributed by atoms with van der Waals surface area (Å²) in [5, 5.41) is 0.313. The van der Waals surface area contributed by atoms with Gasteiger partial charge in [-0.25, -0.2) is 14.8 Å². The highest BCUT2D eigenvalue weighted by Crippen LogP contribution is 2.22. The fourth-order valence-electron chi connectivity index (χ4n) is 2.66. The minimum absolute atomic E-state index is 0.0461. The van der Waals surface area contributed by atoms with Crippen molar-refractivity contribution in [1.29, 1.82) is 0 Å². The van der Waals surface area contributed by atoms with Gasteiger partial charge in [0, 0.05) is 11.8 Å². The second-order valence-electron chi connectivity index (χ2n) is 5.63. The van der Waals surface area contributed by atoms with Crippen molar-refractivity contribution in [3.63, 3.8) is 0 Å². The highest BCUT2D eigenvalue weighted by Gasteiger charge is 2.20. The van der Waals surface area contributed by atoms with Crippen LogP contribution in [0.5, 0.6) is 5.75 Å². The van der Waals surface area contributed by atoms with Crippen molar-refractivity contribution in [2.24, 2.45) is 0 Å². The molecule has 0 aliphatic heterocycles. The third kappa shape index (κ3) is 3.13. The van der Waals surface area contributed by atoms with Crippen LogP contribution in [0.3, 0.4) is 0 Å². The molecule has 0 fully saturated rings. The summed E-state index contributed by atoms with van der Waals surface area (Å²) in [5.41, 5.74) is 1.49. The van der Waals surface area contributed by atoms with Crippen molar-refractivity contribution < 1.29 is 14.3 Å². The average molecular weight is 374 g/mol. The van der Waals surface area contributed by atoms with E-state index in [0.717, 1.165) is 11.1 Å². The van der Waals surface area contributed by atoms with Crippen LogP contribution in [0.25, 0.3) is 10.9 Å². The van der Waals surface area contributed by atoms with Crippen molar-refractivity contribution in [3.05, 3.63) is 62.9 Å². The summed E-state index contributed by atoms with van der Waals surface area (Å²) in [7, 11) is 2.77. The molecule has 0 unspecified atom stereocenters. The summed E-state index contributed by atoms with van der Waals surface area (Å²) in [6, 6.07) is 7.11. The lowest BCUT2D eigenvalue weighted by Crippen LogP contribution is -2.29. The van der Waals surface area contributed by atoms with Crippen LogP contribution in [-0.2, 0) is 11.3 Å². The van der Waals surface area contributed by atoms with Crippen molar-refractivity contribution in [3.8, 4) is 5.75 Å². The fourth-order valence-corrected chi connectivity index (χ4v) is 2.86. The first kappa shape index (κ1) is 17.9. The first-order chi connectivity index (χ1) is 12.5. The third-order valence-electron chi connectivity index (χ3n) is 3.97. The molecule has 8 heteroatoms. The van der Waals surface area contributed by atoms with Gasteiger partial charge in [-0.05, 0) is 24.6 Å². The standard InChI is InChI=1S/C18H16ClN3O4/c1-10-4-5-11(13(8-10)25-2)9-22-16(18(24)26-3)21-14-12(17(22)23)6-7-20-15(14)19/h4-8H,9H2,1-3H3. The Kier molecular flexibility index (Phi) is 4.90. The summed E-state index contributed by atoms with van der Waals surface area (Å²) >= 11 is 6.03. The molecule has 26 heavy (non-hydrogen) atoms. The smallest absolute Gasteiger partial charge is 0.374 e. The zero-order valence-corrected chi connectivity index (χ0v) is 15.2. The lowest BCUT2D eigenvalue weighted by atomic mass is 10.1. The first-order valence-corrected chi connectivity index (χ1v) is 8.11. The quantitative estimate of drug-likeness (QED) is 0.516. The molecule has 0 atom stereocenters. The molecular weight excluding hydrogens is 358 g/mol. The molecule has 7 nitrogen and oxygen atoms in total. The second kappa shape index (κ2) is 7.13. The number of carbonyl (C=O) groups is 1. The van der Waals surface area contributed by atoms with Gasteiger partial charge in [-0.2, -0.15) is 0 Å². The SMILES string of the molecule is COC(=O)c1nc2c(Cl)nccc2c(=O)n1Cc1ccc(C)cc1OC. The monoisotopic (exact) mass is 373 g/mol. The number of fused-ring (bicyclic) bond motifs is 1. The maximum atomic E-state index is 13.0. The van der Waals surface area contributed by atoms with Gasteiger partial charge in [0.1, 0.15) is 11.3 Å². The molecule has 0 spiro atoms. The van der Waals surface area contributed by atoms with Crippen LogP contribution < -0.4 is 10.3 Å². The molecule has 0 amide bonds. The van der Waals surface area contributed by atoms with Gasteiger partial charge in [0.2, 0.25) is 5.82 Å². The Morgan fingerprint density at radius 2 is 2.04 bits per heavy atom. The van der Waals surface area contributed by atoms with Crippen molar-refractivity contribution in [2.45, 2.75) is 13.5 Å². The Morgan fingerprint density at radius 3 is 2.73 bits per heavy atom. The number of carbonyl (C=O) groups excluding carboxylic acids is 1. The van der Waals surface area contributed by atoms with Crippen LogP contribution in [-0.4, -0.2) is 34.7 Å². The third-order valence-corrected chi connectivity index (χ3v) is 4.24. The van der Waals surface area contributed by atoms with Crippen LogP contribution in [0.15, 0.2) is 35.3 Å². The topological polar surface area (TPSA) is 83.3 Å². The summed E-state index contributed by atoms with van der Waals surface area (Å²) in [6.45, 7) is 2.03. The number of benzene rings is 1. The Hall–Kier alpha value is -2.93. The van der Waals surface area contributed by atoms with E-state index < -0.39 is 11.5 Å².